The zero-order valence-corrected chi connectivity index (χ0v) is 12.3. The number of hydrogen-bond acceptors (Lipinski definition) is 2. The zero-order valence-electron chi connectivity index (χ0n) is 12.3. The van der Waals surface area contributed by atoms with Crippen LogP contribution in [0.1, 0.15) is 11.1 Å². The molecule has 0 saturated heterocycles. The molecule has 2 heterocycles. The fraction of sp³-hybridized carbons (Fsp3) is 0.167. The molecule has 1 N–H and O–H groups in total. The van der Waals surface area contributed by atoms with Gasteiger partial charge < -0.3 is 14.6 Å². The number of carbonyl (C=O) groups excluding carboxylic acids is 1. The van der Waals surface area contributed by atoms with Gasteiger partial charge in [0.2, 0.25) is 5.91 Å². The van der Waals surface area contributed by atoms with E-state index in [-0.39, 0.29) is 5.91 Å². The van der Waals surface area contributed by atoms with Gasteiger partial charge in [-0.05, 0) is 35.4 Å². The maximum Gasteiger partial charge on any atom is 0.228 e. The summed E-state index contributed by atoms with van der Waals surface area (Å²) in [5.41, 5.74) is 4.09. The monoisotopic (exact) mass is 292 g/mol. The number of nitrogens with zero attached hydrogens (tertiary/aromatic N) is 1. The fourth-order valence-electron chi connectivity index (χ4n) is 3.13. The van der Waals surface area contributed by atoms with Crippen LogP contribution in [0.2, 0.25) is 0 Å². The molecule has 1 aromatic heterocycles. The lowest BCUT2D eigenvalue weighted by Crippen LogP contribution is -2.15. The molecule has 1 aliphatic heterocycles. The number of rotatable bonds is 1. The Hall–Kier alpha value is -2.75. The Bertz CT molecular complexity index is 880. The highest BCUT2D eigenvalue weighted by Gasteiger charge is 2.17. The van der Waals surface area contributed by atoms with Crippen LogP contribution in [0, 0.1) is 0 Å². The Morgan fingerprint density at radius 2 is 2.00 bits per heavy atom. The smallest absolute Gasteiger partial charge is 0.228 e. The predicted molar refractivity (Wildman–Crippen MR) is 86.4 cm³/mol. The Labute approximate surface area is 128 Å². The van der Waals surface area contributed by atoms with Crippen LogP contribution in [0.15, 0.2) is 48.7 Å². The molecule has 0 bridgehead atoms. The number of anilines is 1. The molecule has 0 aliphatic carbocycles. The van der Waals surface area contributed by atoms with Crippen molar-refractivity contribution in [2.45, 2.75) is 13.0 Å². The van der Waals surface area contributed by atoms with Gasteiger partial charge in [-0.1, -0.05) is 18.2 Å². The molecule has 0 fully saturated rings. The van der Waals surface area contributed by atoms with Crippen molar-refractivity contribution >= 4 is 22.5 Å². The summed E-state index contributed by atoms with van der Waals surface area (Å²) in [5, 5.41) is 4.11. The maximum atomic E-state index is 12.4. The zero-order chi connectivity index (χ0) is 15.1. The Morgan fingerprint density at radius 3 is 2.86 bits per heavy atom. The fourth-order valence-corrected chi connectivity index (χ4v) is 3.13. The highest BCUT2D eigenvalue weighted by atomic mass is 16.5. The van der Waals surface area contributed by atoms with Gasteiger partial charge in [0.15, 0.2) is 0 Å². The van der Waals surface area contributed by atoms with Crippen LogP contribution < -0.4 is 10.1 Å². The van der Waals surface area contributed by atoms with Gasteiger partial charge in [0, 0.05) is 23.8 Å². The van der Waals surface area contributed by atoms with E-state index in [4.69, 9.17) is 4.74 Å². The van der Waals surface area contributed by atoms with E-state index < -0.39 is 0 Å². The van der Waals surface area contributed by atoms with Crippen LogP contribution in [0.25, 0.3) is 10.9 Å². The molecule has 0 unspecified atom stereocenters. The average molecular weight is 292 g/mol. The molecule has 0 radical (unpaired) electrons. The van der Waals surface area contributed by atoms with Gasteiger partial charge in [-0.15, -0.1) is 0 Å². The molecule has 1 aliphatic rings. The summed E-state index contributed by atoms with van der Waals surface area (Å²) in [7, 11) is 1.65. The summed E-state index contributed by atoms with van der Waals surface area (Å²) in [4.78, 5) is 12.4. The van der Waals surface area contributed by atoms with Crippen molar-refractivity contribution in [3.8, 4) is 5.75 Å². The summed E-state index contributed by atoms with van der Waals surface area (Å²) >= 11 is 0. The van der Waals surface area contributed by atoms with Crippen LogP contribution in [0.5, 0.6) is 5.75 Å². The summed E-state index contributed by atoms with van der Waals surface area (Å²) < 4.78 is 7.56. The number of benzene rings is 2. The molecular weight excluding hydrogens is 276 g/mol. The summed E-state index contributed by atoms with van der Waals surface area (Å²) in [5.74, 6) is 0.779. The molecule has 4 heteroatoms. The number of methoxy groups -OCH3 is 1. The number of carbonyl (C=O) groups is 1. The lowest BCUT2D eigenvalue weighted by Gasteiger charge is -2.10. The van der Waals surface area contributed by atoms with Gasteiger partial charge in [0.25, 0.3) is 0 Å². The van der Waals surface area contributed by atoms with E-state index in [2.05, 4.69) is 28.2 Å². The highest BCUT2D eigenvalue weighted by molar-refractivity contribution is 5.97. The standard InChI is InChI=1S/C18H16N2O2/c1-22-15-8-12-6-7-20-11-13-4-2-3-5-16(13)19-17(21)10-14(9-15)18(12)20/h2-9H,10-11H2,1H3,(H,19,21). The molecule has 110 valence electrons. The third-order valence-corrected chi connectivity index (χ3v) is 4.13. The van der Waals surface area contributed by atoms with Gasteiger partial charge in [-0.2, -0.15) is 0 Å². The molecule has 0 atom stereocenters. The number of fused-ring (bicyclic) bond motifs is 1. The minimum Gasteiger partial charge on any atom is -0.497 e. The van der Waals surface area contributed by atoms with E-state index >= 15 is 0 Å². The largest absolute Gasteiger partial charge is 0.497 e. The van der Waals surface area contributed by atoms with Gasteiger partial charge in [-0.25, -0.2) is 0 Å². The van der Waals surface area contributed by atoms with Crippen molar-refractivity contribution < 1.29 is 9.53 Å². The average Bonchev–Trinajstić information content (AvgIpc) is 2.93. The van der Waals surface area contributed by atoms with E-state index in [9.17, 15) is 4.79 Å². The molecule has 3 aromatic rings. The summed E-state index contributed by atoms with van der Waals surface area (Å²) in [6.07, 6.45) is 2.41. The molecule has 0 spiro atoms. The van der Waals surface area contributed by atoms with Crippen molar-refractivity contribution in [1.82, 2.24) is 4.57 Å². The molecule has 0 saturated carbocycles. The molecule has 22 heavy (non-hydrogen) atoms. The molecule has 4 nitrogen and oxygen atoms in total. The van der Waals surface area contributed by atoms with Crippen molar-refractivity contribution in [3.05, 3.63) is 59.8 Å². The SMILES string of the molecule is COc1cc2c3c(ccn3Cc3ccccc3NC(=O)C2)c1. The topological polar surface area (TPSA) is 43.3 Å². The van der Waals surface area contributed by atoms with Crippen molar-refractivity contribution in [1.29, 1.82) is 0 Å². The van der Waals surface area contributed by atoms with Crippen LogP contribution in [-0.4, -0.2) is 17.6 Å². The van der Waals surface area contributed by atoms with E-state index in [0.717, 1.165) is 40.0 Å². The van der Waals surface area contributed by atoms with E-state index in [1.165, 1.54) is 0 Å². The minimum absolute atomic E-state index is 0.00310. The quantitative estimate of drug-likeness (QED) is 0.748. The second kappa shape index (κ2) is 4.91. The first kappa shape index (κ1) is 13.0. The molecular formula is C18H16N2O2. The number of aromatic nitrogens is 1. The normalized spacial score (nSPS) is 13.8. The number of ether oxygens (including phenoxy) is 1. The number of amides is 1. The lowest BCUT2D eigenvalue weighted by molar-refractivity contribution is -0.115. The summed E-state index contributed by atoms with van der Waals surface area (Å²) in [6.45, 7) is 0.735. The number of para-hydroxylation sites is 1. The maximum absolute atomic E-state index is 12.4. The first-order valence-corrected chi connectivity index (χ1v) is 7.28. The van der Waals surface area contributed by atoms with Crippen LogP contribution >= 0.6 is 0 Å². The molecule has 4 rings (SSSR count). The second-order valence-electron chi connectivity index (χ2n) is 5.55. The number of nitrogens with one attached hydrogen (secondary N) is 1. The van der Waals surface area contributed by atoms with Gasteiger partial charge >= 0.3 is 0 Å². The molecule has 2 aromatic carbocycles. The predicted octanol–water partition coefficient (Wildman–Crippen LogP) is 3.19. The van der Waals surface area contributed by atoms with Crippen LogP contribution in [-0.2, 0) is 17.8 Å². The van der Waals surface area contributed by atoms with Gasteiger partial charge in [-0.3, -0.25) is 4.79 Å². The Morgan fingerprint density at radius 1 is 1.14 bits per heavy atom. The highest BCUT2D eigenvalue weighted by Crippen LogP contribution is 2.30. The van der Waals surface area contributed by atoms with E-state index in [0.29, 0.717) is 6.42 Å². The lowest BCUT2D eigenvalue weighted by atomic mass is 10.1. The number of hydrogen-bond donors (Lipinski definition) is 1. The van der Waals surface area contributed by atoms with Gasteiger partial charge in [0.05, 0.1) is 19.0 Å². The van der Waals surface area contributed by atoms with Crippen LogP contribution in [0.4, 0.5) is 5.69 Å². The third kappa shape index (κ3) is 2.04. The Balaban J connectivity index is 1.96. The Kier molecular flexibility index (Phi) is 2.89. The first-order chi connectivity index (χ1) is 10.7. The molecule has 1 amide bonds. The van der Waals surface area contributed by atoms with Crippen molar-refractivity contribution in [3.63, 3.8) is 0 Å². The third-order valence-electron chi connectivity index (χ3n) is 4.13. The van der Waals surface area contributed by atoms with E-state index in [1.54, 1.807) is 7.11 Å². The summed E-state index contributed by atoms with van der Waals surface area (Å²) in [6, 6.07) is 14.0. The van der Waals surface area contributed by atoms with Crippen molar-refractivity contribution in [2.75, 3.05) is 12.4 Å². The second-order valence-corrected chi connectivity index (χ2v) is 5.55. The first-order valence-electron chi connectivity index (χ1n) is 7.28. The van der Waals surface area contributed by atoms with E-state index in [1.807, 2.05) is 30.3 Å². The van der Waals surface area contributed by atoms with Crippen molar-refractivity contribution in [2.24, 2.45) is 0 Å². The van der Waals surface area contributed by atoms with Crippen LogP contribution in [0.3, 0.4) is 0 Å². The minimum atomic E-state index is -0.00310. The van der Waals surface area contributed by atoms with Gasteiger partial charge in [0.1, 0.15) is 5.75 Å².